The Morgan fingerprint density at radius 1 is 1.38 bits per heavy atom. The maximum absolute atomic E-state index is 11.3. The molecule has 0 unspecified atom stereocenters. The molecule has 1 heterocycles. The van der Waals surface area contributed by atoms with Gasteiger partial charge in [0.05, 0.1) is 0 Å². The third-order valence-corrected chi connectivity index (χ3v) is 1.95. The van der Waals surface area contributed by atoms with E-state index in [9.17, 15) is 9.59 Å². The molecule has 1 rings (SSSR count). The summed E-state index contributed by atoms with van der Waals surface area (Å²) in [5.74, 6) is -0.393. The number of rotatable bonds is 3. The van der Waals surface area contributed by atoms with Crippen LogP contribution in [-0.4, -0.2) is 23.8 Å². The van der Waals surface area contributed by atoms with Crippen LogP contribution in [-0.2, 0) is 9.59 Å². The van der Waals surface area contributed by atoms with Crippen molar-refractivity contribution >= 4 is 11.8 Å². The Bertz CT molecular complexity index is 289. The van der Waals surface area contributed by atoms with Crippen molar-refractivity contribution in [2.75, 3.05) is 7.05 Å². The zero-order valence-electron chi connectivity index (χ0n) is 7.91. The SMILES string of the molecule is CC/C=C/CC1=CC(=O)N(C)C1=O. The highest BCUT2D eigenvalue weighted by Crippen LogP contribution is 2.14. The Labute approximate surface area is 77.7 Å². The third-order valence-electron chi connectivity index (χ3n) is 1.95. The average molecular weight is 179 g/mol. The molecule has 0 saturated carbocycles. The van der Waals surface area contributed by atoms with Crippen LogP contribution in [0.3, 0.4) is 0 Å². The van der Waals surface area contributed by atoms with Crippen molar-refractivity contribution in [3.05, 3.63) is 23.8 Å². The minimum atomic E-state index is -0.218. The predicted molar refractivity (Wildman–Crippen MR) is 49.9 cm³/mol. The molecule has 0 aromatic carbocycles. The number of carbonyl (C=O) groups excluding carboxylic acids is 2. The summed E-state index contributed by atoms with van der Waals surface area (Å²) in [6.45, 7) is 2.03. The smallest absolute Gasteiger partial charge is 0.256 e. The number of likely N-dealkylation sites (N-methyl/N-ethyl adjacent to an activating group) is 1. The van der Waals surface area contributed by atoms with E-state index in [1.807, 2.05) is 19.1 Å². The second kappa shape index (κ2) is 4.03. The van der Waals surface area contributed by atoms with Crippen LogP contribution < -0.4 is 0 Å². The summed E-state index contributed by atoms with van der Waals surface area (Å²) in [6, 6.07) is 0. The number of imide groups is 1. The van der Waals surface area contributed by atoms with Crippen LogP contribution in [0.2, 0.25) is 0 Å². The molecule has 0 bridgehead atoms. The third kappa shape index (κ3) is 2.05. The van der Waals surface area contributed by atoms with Gasteiger partial charge in [0.15, 0.2) is 0 Å². The number of hydrogen-bond acceptors (Lipinski definition) is 2. The zero-order valence-corrected chi connectivity index (χ0v) is 7.91. The van der Waals surface area contributed by atoms with E-state index < -0.39 is 0 Å². The molecule has 0 saturated heterocycles. The predicted octanol–water partition coefficient (Wildman–Crippen LogP) is 1.27. The van der Waals surface area contributed by atoms with E-state index in [1.54, 1.807) is 0 Å². The molecular formula is C10H13NO2. The first kappa shape index (κ1) is 9.71. The molecule has 0 aromatic rings. The number of carbonyl (C=O) groups is 2. The Morgan fingerprint density at radius 2 is 2.08 bits per heavy atom. The van der Waals surface area contributed by atoms with Gasteiger partial charge in [-0.2, -0.15) is 0 Å². The lowest BCUT2D eigenvalue weighted by molar-refractivity contribution is -0.135. The Hall–Kier alpha value is -1.38. The molecule has 1 aliphatic rings. The van der Waals surface area contributed by atoms with Gasteiger partial charge in [-0.3, -0.25) is 14.5 Å². The van der Waals surface area contributed by atoms with E-state index in [4.69, 9.17) is 0 Å². The maximum atomic E-state index is 11.3. The van der Waals surface area contributed by atoms with E-state index in [-0.39, 0.29) is 11.8 Å². The minimum absolute atomic E-state index is 0.175. The second-order valence-corrected chi connectivity index (χ2v) is 2.96. The van der Waals surface area contributed by atoms with Crippen LogP contribution in [0.25, 0.3) is 0 Å². The molecule has 70 valence electrons. The summed E-state index contributed by atoms with van der Waals surface area (Å²) in [5, 5.41) is 0. The van der Waals surface area contributed by atoms with E-state index in [0.717, 1.165) is 11.3 Å². The molecule has 2 amide bonds. The van der Waals surface area contributed by atoms with Gasteiger partial charge < -0.3 is 0 Å². The monoisotopic (exact) mass is 179 g/mol. The zero-order chi connectivity index (χ0) is 9.84. The van der Waals surface area contributed by atoms with Gasteiger partial charge in [0, 0.05) is 18.7 Å². The Kier molecular flexibility index (Phi) is 3.01. The molecule has 0 aromatic heterocycles. The standard InChI is InChI=1S/C10H13NO2/c1-3-4-5-6-8-7-9(12)11(2)10(8)13/h4-5,7H,3,6H2,1-2H3/b5-4+. The van der Waals surface area contributed by atoms with Crippen molar-refractivity contribution in [2.24, 2.45) is 0 Å². The number of nitrogens with zero attached hydrogens (tertiary/aromatic N) is 1. The van der Waals surface area contributed by atoms with E-state index >= 15 is 0 Å². The fourth-order valence-corrected chi connectivity index (χ4v) is 1.15. The van der Waals surface area contributed by atoms with Crippen LogP contribution in [0.15, 0.2) is 23.8 Å². The highest BCUT2D eigenvalue weighted by atomic mass is 16.2. The molecule has 0 radical (unpaired) electrons. The van der Waals surface area contributed by atoms with Gasteiger partial charge in [-0.25, -0.2) is 0 Å². The molecular weight excluding hydrogens is 166 g/mol. The van der Waals surface area contributed by atoms with Crippen molar-refractivity contribution in [3.63, 3.8) is 0 Å². The Balaban J connectivity index is 2.62. The lowest BCUT2D eigenvalue weighted by Gasteiger charge is -2.04. The molecule has 0 fully saturated rings. The fourth-order valence-electron chi connectivity index (χ4n) is 1.15. The van der Waals surface area contributed by atoms with E-state index in [1.165, 1.54) is 13.1 Å². The van der Waals surface area contributed by atoms with Crippen LogP contribution >= 0.6 is 0 Å². The van der Waals surface area contributed by atoms with Gasteiger partial charge in [-0.1, -0.05) is 19.1 Å². The van der Waals surface area contributed by atoms with Crippen LogP contribution in [0, 0.1) is 0 Å². The molecule has 0 atom stereocenters. The average Bonchev–Trinajstić information content (AvgIpc) is 2.34. The van der Waals surface area contributed by atoms with Crippen molar-refractivity contribution in [1.82, 2.24) is 4.90 Å². The molecule has 0 aliphatic carbocycles. The van der Waals surface area contributed by atoms with Gasteiger partial charge in [0.25, 0.3) is 11.8 Å². The minimum Gasteiger partial charge on any atom is -0.278 e. The van der Waals surface area contributed by atoms with Crippen molar-refractivity contribution in [3.8, 4) is 0 Å². The van der Waals surface area contributed by atoms with Crippen molar-refractivity contribution in [2.45, 2.75) is 19.8 Å². The number of hydrogen-bond donors (Lipinski definition) is 0. The van der Waals surface area contributed by atoms with Crippen LogP contribution in [0.4, 0.5) is 0 Å². The lowest BCUT2D eigenvalue weighted by Crippen LogP contribution is -2.25. The van der Waals surface area contributed by atoms with Crippen molar-refractivity contribution < 1.29 is 9.59 Å². The van der Waals surface area contributed by atoms with E-state index in [2.05, 4.69) is 0 Å². The van der Waals surface area contributed by atoms with E-state index in [0.29, 0.717) is 12.0 Å². The summed E-state index contributed by atoms with van der Waals surface area (Å²) < 4.78 is 0. The molecule has 13 heavy (non-hydrogen) atoms. The number of amides is 2. The van der Waals surface area contributed by atoms with Crippen LogP contribution in [0.1, 0.15) is 19.8 Å². The summed E-state index contributed by atoms with van der Waals surface area (Å²) in [6.07, 6.45) is 6.81. The second-order valence-electron chi connectivity index (χ2n) is 2.96. The van der Waals surface area contributed by atoms with Crippen molar-refractivity contribution in [1.29, 1.82) is 0 Å². The first-order chi connectivity index (χ1) is 6.16. The molecule has 1 aliphatic heterocycles. The summed E-state index contributed by atoms with van der Waals surface area (Å²) in [5.41, 5.74) is 0.581. The quantitative estimate of drug-likeness (QED) is 0.483. The topological polar surface area (TPSA) is 37.4 Å². The van der Waals surface area contributed by atoms with Gasteiger partial charge >= 0.3 is 0 Å². The normalized spacial score (nSPS) is 17.4. The fraction of sp³-hybridized carbons (Fsp3) is 0.400. The van der Waals surface area contributed by atoms with Gasteiger partial charge in [0.1, 0.15) is 0 Å². The van der Waals surface area contributed by atoms with Gasteiger partial charge in [-0.05, 0) is 12.8 Å². The molecule has 3 nitrogen and oxygen atoms in total. The maximum Gasteiger partial charge on any atom is 0.256 e. The molecule has 0 N–H and O–H groups in total. The van der Waals surface area contributed by atoms with Gasteiger partial charge in [-0.15, -0.1) is 0 Å². The molecule has 3 heteroatoms. The molecule has 0 spiro atoms. The Morgan fingerprint density at radius 3 is 2.54 bits per heavy atom. The first-order valence-corrected chi connectivity index (χ1v) is 4.34. The number of allylic oxidation sites excluding steroid dienone is 2. The summed E-state index contributed by atoms with van der Waals surface area (Å²) >= 11 is 0. The van der Waals surface area contributed by atoms with Gasteiger partial charge in [0.2, 0.25) is 0 Å². The lowest BCUT2D eigenvalue weighted by atomic mass is 10.2. The highest BCUT2D eigenvalue weighted by Gasteiger charge is 2.25. The van der Waals surface area contributed by atoms with Crippen LogP contribution in [0.5, 0.6) is 0 Å². The highest BCUT2D eigenvalue weighted by molar-refractivity contribution is 6.16. The summed E-state index contributed by atoms with van der Waals surface area (Å²) in [4.78, 5) is 23.5. The largest absolute Gasteiger partial charge is 0.278 e. The first-order valence-electron chi connectivity index (χ1n) is 4.34. The summed E-state index contributed by atoms with van der Waals surface area (Å²) in [7, 11) is 1.50.